The summed E-state index contributed by atoms with van der Waals surface area (Å²) in [5, 5.41) is 0. The van der Waals surface area contributed by atoms with E-state index in [0.29, 0.717) is 42.9 Å². The fourth-order valence-corrected chi connectivity index (χ4v) is 3.82. The molecule has 1 atom stereocenters. The van der Waals surface area contributed by atoms with Crippen LogP contribution in [-0.2, 0) is 11.3 Å². The van der Waals surface area contributed by atoms with Crippen molar-refractivity contribution in [2.24, 2.45) is 0 Å². The fourth-order valence-electron chi connectivity index (χ4n) is 3.82. The number of aromatic nitrogens is 4. The molecule has 25 heavy (non-hydrogen) atoms. The van der Waals surface area contributed by atoms with Crippen LogP contribution < -0.4 is 10.3 Å². The van der Waals surface area contributed by atoms with E-state index in [-0.39, 0.29) is 11.7 Å². The molecule has 136 valence electrons. The maximum Gasteiger partial charge on any atom is 0.301 e. The van der Waals surface area contributed by atoms with E-state index >= 15 is 0 Å². The quantitative estimate of drug-likeness (QED) is 0.900. The Kier molecular flexibility index (Phi) is 4.74. The Hall–Kier alpha value is -1.89. The van der Waals surface area contributed by atoms with Gasteiger partial charge in [-0.3, -0.25) is 9.36 Å². The largest absolute Gasteiger partial charge is 0.459 e. The van der Waals surface area contributed by atoms with E-state index in [0.717, 1.165) is 31.5 Å². The average Bonchev–Trinajstić information content (AvgIpc) is 3.29. The van der Waals surface area contributed by atoms with Crippen molar-refractivity contribution in [3.63, 3.8) is 0 Å². The highest BCUT2D eigenvalue weighted by Gasteiger charge is 2.24. The van der Waals surface area contributed by atoms with E-state index in [9.17, 15) is 4.79 Å². The molecule has 0 radical (unpaired) electrons. The number of rotatable bonds is 5. The van der Waals surface area contributed by atoms with Gasteiger partial charge in [0.1, 0.15) is 11.9 Å². The molecule has 2 aliphatic rings. The first kappa shape index (κ1) is 16.6. The van der Waals surface area contributed by atoms with Gasteiger partial charge in [-0.15, -0.1) is 0 Å². The molecule has 4 rings (SSSR count). The van der Waals surface area contributed by atoms with Crippen LogP contribution in [0.4, 0.5) is 0 Å². The van der Waals surface area contributed by atoms with Crippen molar-refractivity contribution in [1.82, 2.24) is 19.5 Å². The Bertz CT molecular complexity index is 785. The first-order valence-corrected chi connectivity index (χ1v) is 9.51. The predicted molar refractivity (Wildman–Crippen MR) is 94.1 cm³/mol. The molecule has 0 spiro atoms. The van der Waals surface area contributed by atoms with Gasteiger partial charge in [0.15, 0.2) is 11.2 Å². The SMILES string of the molecule is CCCn1c(OC2CCOC2)nc2nc(C3CCCCC3)[nH]c2c1=O. The summed E-state index contributed by atoms with van der Waals surface area (Å²) < 4.78 is 13.0. The number of hydrogen-bond acceptors (Lipinski definition) is 5. The minimum absolute atomic E-state index is 0.0378. The second-order valence-corrected chi connectivity index (χ2v) is 7.11. The zero-order chi connectivity index (χ0) is 17.2. The smallest absolute Gasteiger partial charge is 0.301 e. The van der Waals surface area contributed by atoms with Crippen LogP contribution in [0.5, 0.6) is 6.01 Å². The van der Waals surface area contributed by atoms with Crippen LogP contribution in [-0.4, -0.2) is 38.8 Å². The lowest BCUT2D eigenvalue weighted by Gasteiger charge is -2.18. The minimum Gasteiger partial charge on any atom is -0.459 e. The maximum atomic E-state index is 12.9. The molecule has 2 aromatic rings. The van der Waals surface area contributed by atoms with E-state index in [4.69, 9.17) is 9.47 Å². The molecule has 7 nitrogen and oxygen atoms in total. The van der Waals surface area contributed by atoms with Gasteiger partial charge in [0.25, 0.3) is 5.56 Å². The third-order valence-corrected chi connectivity index (χ3v) is 5.19. The van der Waals surface area contributed by atoms with Crippen molar-refractivity contribution < 1.29 is 9.47 Å². The maximum absolute atomic E-state index is 12.9. The second-order valence-electron chi connectivity index (χ2n) is 7.11. The summed E-state index contributed by atoms with van der Waals surface area (Å²) >= 11 is 0. The molecule has 0 aromatic carbocycles. The lowest BCUT2D eigenvalue weighted by molar-refractivity contribution is 0.129. The average molecular weight is 346 g/mol. The van der Waals surface area contributed by atoms with Crippen LogP contribution >= 0.6 is 0 Å². The van der Waals surface area contributed by atoms with E-state index in [1.165, 1.54) is 19.3 Å². The Morgan fingerprint density at radius 1 is 1.24 bits per heavy atom. The fraction of sp³-hybridized carbons (Fsp3) is 0.722. The van der Waals surface area contributed by atoms with Gasteiger partial charge in [-0.25, -0.2) is 4.98 Å². The lowest BCUT2D eigenvalue weighted by atomic mass is 9.89. The Labute approximate surface area is 146 Å². The Balaban J connectivity index is 1.72. The van der Waals surface area contributed by atoms with Crippen LogP contribution in [0.15, 0.2) is 4.79 Å². The molecule has 2 fully saturated rings. The molecule has 0 bridgehead atoms. The van der Waals surface area contributed by atoms with Gasteiger partial charge in [-0.1, -0.05) is 26.2 Å². The van der Waals surface area contributed by atoms with Gasteiger partial charge in [-0.2, -0.15) is 4.98 Å². The first-order chi connectivity index (χ1) is 12.3. The molecular formula is C18H26N4O3. The summed E-state index contributed by atoms with van der Waals surface area (Å²) in [6.45, 7) is 3.87. The molecule has 1 aliphatic heterocycles. The van der Waals surface area contributed by atoms with Gasteiger partial charge in [-0.05, 0) is 19.3 Å². The van der Waals surface area contributed by atoms with E-state index in [2.05, 4.69) is 15.0 Å². The number of imidazole rings is 1. The van der Waals surface area contributed by atoms with Gasteiger partial charge in [0.2, 0.25) is 0 Å². The second kappa shape index (κ2) is 7.15. The van der Waals surface area contributed by atoms with Gasteiger partial charge in [0, 0.05) is 18.9 Å². The van der Waals surface area contributed by atoms with Crippen molar-refractivity contribution in [2.45, 2.75) is 70.4 Å². The van der Waals surface area contributed by atoms with Crippen molar-refractivity contribution in [1.29, 1.82) is 0 Å². The number of fused-ring (bicyclic) bond motifs is 1. The number of ether oxygens (including phenoxy) is 2. The number of nitrogens with zero attached hydrogens (tertiary/aromatic N) is 3. The molecule has 1 unspecified atom stereocenters. The van der Waals surface area contributed by atoms with Gasteiger partial charge >= 0.3 is 6.01 Å². The van der Waals surface area contributed by atoms with Crippen LogP contribution in [0.1, 0.15) is 63.6 Å². The molecule has 1 saturated heterocycles. The minimum atomic E-state index is -0.0877. The number of nitrogens with one attached hydrogen (secondary N) is 1. The molecular weight excluding hydrogens is 320 g/mol. The molecule has 1 saturated carbocycles. The summed E-state index contributed by atoms with van der Waals surface area (Å²) in [6, 6.07) is 0.372. The molecule has 7 heteroatoms. The predicted octanol–water partition coefficient (Wildman–Crippen LogP) is 2.75. The normalized spacial score (nSPS) is 21.9. The number of hydrogen-bond donors (Lipinski definition) is 1. The summed E-state index contributed by atoms with van der Waals surface area (Å²) in [6.07, 6.45) is 7.64. The summed E-state index contributed by atoms with van der Waals surface area (Å²) in [7, 11) is 0. The standard InChI is InChI=1S/C18H26N4O3/c1-2-9-22-17(23)14-16(21-18(22)25-13-8-10-24-11-13)20-15(19-14)12-6-4-3-5-7-12/h12-13H,2-11H2,1H3,(H,19,20). The molecule has 2 aromatic heterocycles. The molecule has 0 amide bonds. The van der Waals surface area contributed by atoms with Crippen molar-refractivity contribution >= 4 is 11.2 Å². The van der Waals surface area contributed by atoms with E-state index < -0.39 is 0 Å². The van der Waals surface area contributed by atoms with Crippen LogP contribution in [0.3, 0.4) is 0 Å². The lowest BCUT2D eigenvalue weighted by Crippen LogP contribution is -2.27. The van der Waals surface area contributed by atoms with E-state index in [1.807, 2.05) is 6.92 Å². The van der Waals surface area contributed by atoms with Crippen molar-refractivity contribution in [2.75, 3.05) is 13.2 Å². The highest BCUT2D eigenvalue weighted by Crippen LogP contribution is 2.31. The summed E-state index contributed by atoms with van der Waals surface area (Å²) in [4.78, 5) is 25.4. The summed E-state index contributed by atoms with van der Waals surface area (Å²) in [5.41, 5.74) is 0.895. The summed E-state index contributed by atoms with van der Waals surface area (Å²) in [5.74, 6) is 1.32. The van der Waals surface area contributed by atoms with Crippen molar-refractivity contribution in [3.05, 3.63) is 16.2 Å². The molecule has 3 heterocycles. The third kappa shape index (κ3) is 3.29. The monoisotopic (exact) mass is 346 g/mol. The number of H-pyrrole nitrogens is 1. The van der Waals surface area contributed by atoms with Gasteiger partial charge < -0.3 is 14.5 Å². The molecule has 1 aliphatic carbocycles. The van der Waals surface area contributed by atoms with Crippen molar-refractivity contribution in [3.8, 4) is 6.01 Å². The zero-order valence-corrected chi connectivity index (χ0v) is 14.8. The Morgan fingerprint density at radius 3 is 2.80 bits per heavy atom. The highest BCUT2D eigenvalue weighted by molar-refractivity contribution is 5.70. The topological polar surface area (TPSA) is 82.0 Å². The zero-order valence-electron chi connectivity index (χ0n) is 14.8. The van der Waals surface area contributed by atoms with E-state index in [1.54, 1.807) is 4.57 Å². The third-order valence-electron chi connectivity index (χ3n) is 5.19. The van der Waals surface area contributed by atoms with Crippen LogP contribution in [0, 0.1) is 0 Å². The Morgan fingerprint density at radius 2 is 2.08 bits per heavy atom. The first-order valence-electron chi connectivity index (χ1n) is 9.51. The molecule has 1 N–H and O–H groups in total. The highest BCUT2D eigenvalue weighted by atomic mass is 16.6. The van der Waals surface area contributed by atoms with Crippen LogP contribution in [0.25, 0.3) is 11.2 Å². The van der Waals surface area contributed by atoms with Gasteiger partial charge in [0.05, 0.1) is 13.2 Å². The number of aromatic amines is 1. The van der Waals surface area contributed by atoms with Crippen LogP contribution in [0.2, 0.25) is 0 Å².